The Hall–Kier alpha value is -2.42. The molecule has 1 fully saturated rings. The van der Waals surface area contributed by atoms with Gasteiger partial charge < -0.3 is 10.4 Å². The molecule has 1 aliphatic carbocycles. The molecule has 0 bridgehead atoms. The lowest BCUT2D eigenvalue weighted by molar-refractivity contribution is -0.136. The van der Waals surface area contributed by atoms with E-state index in [2.05, 4.69) is 10.0 Å². The molecule has 2 aromatic carbocycles. The summed E-state index contributed by atoms with van der Waals surface area (Å²) in [6.07, 6.45) is 5.55. The van der Waals surface area contributed by atoms with Crippen LogP contribution in [0.5, 0.6) is 0 Å². The molecule has 2 aromatic rings. The predicted molar refractivity (Wildman–Crippen MR) is 123 cm³/mol. The summed E-state index contributed by atoms with van der Waals surface area (Å²) in [7, 11) is -3.92. The van der Waals surface area contributed by atoms with Gasteiger partial charge in [-0.2, -0.15) is 4.72 Å². The monoisotopic (exact) mass is 478 g/mol. The van der Waals surface area contributed by atoms with Crippen LogP contribution in [-0.4, -0.2) is 31.4 Å². The molecule has 9 heteroatoms. The van der Waals surface area contributed by atoms with Crippen molar-refractivity contribution in [2.75, 3.05) is 5.32 Å². The molecular formula is C23H27ClN2O5S. The van der Waals surface area contributed by atoms with E-state index in [0.717, 1.165) is 32.1 Å². The third kappa shape index (κ3) is 7.05. The zero-order chi connectivity index (χ0) is 23.1. The van der Waals surface area contributed by atoms with Crippen molar-refractivity contribution in [3.63, 3.8) is 0 Å². The maximum Gasteiger partial charge on any atom is 0.307 e. The van der Waals surface area contributed by atoms with Crippen LogP contribution in [0.3, 0.4) is 0 Å². The molecule has 0 spiro atoms. The fraction of sp³-hybridized carbons (Fsp3) is 0.391. The molecule has 172 valence electrons. The van der Waals surface area contributed by atoms with E-state index in [1.54, 1.807) is 24.3 Å². The van der Waals surface area contributed by atoms with Gasteiger partial charge in [0.25, 0.3) is 0 Å². The van der Waals surface area contributed by atoms with Gasteiger partial charge >= 0.3 is 5.97 Å². The first-order valence-corrected chi connectivity index (χ1v) is 12.5. The first-order chi connectivity index (χ1) is 15.2. The summed E-state index contributed by atoms with van der Waals surface area (Å²) >= 11 is 5.86. The third-order valence-corrected chi connectivity index (χ3v) is 7.35. The summed E-state index contributed by atoms with van der Waals surface area (Å²) in [5, 5.41) is 12.1. The lowest BCUT2D eigenvalue weighted by Crippen LogP contribution is -2.45. The maximum atomic E-state index is 13.1. The molecule has 3 N–H and O–H groups in total. The number of halogens is 1. The predicted octanol–water partition coefficient (Wildman–Crippen LogP) is 4.22. The van der Waals surface area contributed by atoms with Gasteiger partial charge in [-0.3, -0.25) is 9.59 Å². The highest BCUT2D eigenvalue weighted by Crippen LogP contribution is 2.28. The molecule has 0 radical (unpaired) electrons. The summed E-state index contributed by atoms with van der Waals surface area (Å²) in [5.41, 5.74) is 1.08. The zero-order valence-corrected chi connectivity index (χ0v) is 19.2. The maximum absolute atomic E-state index is 13.1. The van der Waals surface area contributed by atoms with Crippen molar-refractivity contribution >= 4 is 39.2 Å². The minimum absolute atomic E-state index is 0.0429. The van der Waals surface area contributed by atoms with E-state index in [0.29, 0.717) is 22.7 Å². The van der Waals surface area contributed by atoms with Gasteiger partial charge in [-0.1, -0.05) is 55.8 Å². The smallest absolute Gasteiger partial charge is 0.307 e. The van der Waals surface area contributed by atoms with Gasteiger partial charge in [-0.05, 0) is 54.3 Å². The molecule has 7 nitrogen and oxygen atoms in total. The van der Waals surface area contributed by atoms with Crippen molar-refractivity contribution in [3.8, 4) is 0 Å². The summed E-state index contributed by atoms with van der Waals surface area (Å²) in [5.74, 6) is -1.12. The number of carbonyl (C=O) groups excluding carboxylic acids is 1. The number of hydrogen-bond acceptors (Lipinski definition) is 4. The van der Waals surface area contributed by atoms with Gasteiger partial charge in [-0.25, -0.2) is 8.42 Å². The van der Waals surface area contributed by atoms with E-state index < -0.39 is 27.9 Å². The number of anilines is 1. The highest BCUT2D eigenvalue weighted by molar-refractivity contribution is 7.89. The molecule has 1 unspecified atom stereocenters. The Balaban J connectivity index is 1.75. The lowest BCUT2D eigenvalue weighted by atomic mass is 9.85. The number of aliphatic carboxylic acids is 1. The first kappa shape index (κ1) is 24.2. The van der Waals surface area contributed by atoms with Gasteiger partial charge in [0.1, 0.15) is 6.04 Å². The molecule has 0 aliphatic heterocycles. The quantitative estimate of drug-likeness (QED) is 0.499. The molecule has 1 atom stereocenters. The van der Waals surface area contributed by atoms with Crippen molar-refractivity contribution in [2.24, 2.45) is 5.92 Å². The van der Waals surface area contributed by atoms with Crippen molar-refractivity contribution < 1.29 is 23.1 Å². The van der Waals surface area contributed by atoms with Crippen LogP contribution >= 0.6 is 11.6 Å². The average Bonchev–Trinajstić information content (AvgIpc) is 2.75. The minimum Gasteiger partial charge on any atom is -0.481 e. The summed E-state index contributed by atoms with van der Waals surface area (Å²) in [6, 6.07) is 11.3. The topological polar surface area (TPSA) is 113 Å². The number of benzene rings is 2. The SMILES string of the molecule is O=C(O)Cc1ccc(NC(=O)C(CC2CCCCC2)NS(=O)(=O)c2ccc(Cl)cc2)cc1. The second-order valence-corrected chi connectivity index (χ2v) is 10.3. The van der Waals surface area contributed by atoms with Crippen LogP contribution in [0.4, 0.5) is 5.69 Å². The number of amides is 1. The van der Waals surface area contributed by atoms with Gasteiger partial charge in [0.2, 0.25) is 15.9 Å². The fourth-order valence-corrected chi connectivity index (χ4v) is 5.28. The highest BCUT2D eigenvalue weighted by atomic mass is 35.5. The summed E-state index contributed by atoms with van der Waals surface area (Å²) in [4.78, 5) is 23.9. The molecule has 0 saturated heterocycles. The number of hydrogen-bond donors (Lipinski definition) is 3. The Morgan fingerprint density at radius 1 is 1.00 bits per heavy atom. The zero-order valence-electron chi connectivity index (χ0n) is 17.6. The third-order valence-electron chi connectivity index (χ3n) is 5.61. The van der Waals surface area contributed by atoms with E-state index in [4.69, 9.17) is 16.7 Å². The minimum atomic E-state index is -3.92. The molecule has 0 heterocycles. The normalized spacial score (nSPS) is 15.8. The van der Waals surface area contributed by atoms with Crippen LogP contribution in [0.1, 0.15) is 44.1 Å². The van der Waals surface area contributed by atoms with Crippen LogP contribution in [0.2, 0.25) is 5.02 Å². The van der Waals surface area contributed by atoms with E-state index in [1.165, 1.54) is 24.3 Å². The number of nitrogens with one attached hydrogen (secondary N) is 2. The van der Waals surface area contributed by atoms with Crippen LogP contribution < -0.4 is 10.0 Å². The Morgan fingerprint density at radius 3 is 2.22 bits per heavy atom. The van der Waals surface area contributed by atoms with Crippen LogP contribution in [-0.2, 0) is 26.0 Å². The van der Waals surface area contributed by atoms with Crippen molar-refractivity contribution in [1.82, 2.24) is 4.72 Å². The second kappa shape index (κ2) is 10.9. The standard InChI is InChI=1S/C23H27ClN2O5S/c24-18-8-12-20(13-9-18)32(30,31)26-21(14-16-4-2-1-3-5-16)23(29)25-19-10-6-17(7-11-19)15-22(27)28/h6-13,16,21,26H,1-5,14-15H2,(H,25,29)(H,27,28). The number of carboxylic acid groups (broad SMARTS) is 1. The summed E-state index contributed by atoms with van der Waals surface area (Å²) < 4.78 is 28.4. The fourth-order valence-electron chi connectivity index (χ4n) is 3.94. The van der Waals surface area contributed by atoms with Gasteiger partial charge in [0.05, 0.1) is 11.3 Å². The second-order valence-electron chi connectivity index (χ2n) is 8.12. The molecular weight excluding hydrogens is 452 g/mol. The van der Waals surface area contributed by atoms with Gasteiger partial charge in [-0.15, -0.1) is 0 Å². The van der Waals surface area contributed by atoms with Crippen molar-refractivity contribution in [1.29, 1.82) is 0 Å². The number of rotatable bonds is 9. The molecule has 1 amide bonds. The lowest BCUT2D eigenvalue weighted by Gasteiger charge is -2.26. The van der Waals surface area contributed by atoms with Crippen LogP contribution in [0.15, 0.2) is 53.4 Å². The number of carbonyl (C=O) groups is 2. The van der Waals surface area contributed by atoms with Gasteiger partial charge in [0.15, 0.2) is 0 Å². The largest absolute Gasteiger partial charge is 0.481 e. The van der Waals surface area contributed by atoms with E-state index >= 15 is 0 Å². The Labute approximate surface area is 193 Å². The Bertz CT molecular complexity index is 1030. The van der Waals surface area contributed by atoms with E-state index in [9.17, 15) is 18.0 Å². The molecule has 1 aliphatic rings. The Kier molecular flexibility index (Phi) is 8.28. The Morgan fingerprint density at radius 2 is 1.62 bits per heavy atom. The highest BCUT2D eigenvalue weighted by Gasteiger charge is 2.29. The van der Waals surface area contributed by atoms with E-state index in [1.807, 2.05) is 0 Å². The average molecular weight is 479 g/mol. The first-order valence-electron chi connectivity index (χ1n) is 10.6. The number of sulfonamides is 1. The molecule has 1 saturated carbocycles. The molecule has 3 rings (SSSR count). The number of carboxylic acids is 1. The van der Waals surface area contributed by atoms with Gasteiger partial charge in [0, 0.05) is 10.7 Å². The van der Waals surface area contributed by atoms with Crippen molar-refractivity contribution in [3.05, 3.63) is 59.1 Å². The van der Waals surface area contributed by atoms with Crippen LogP contribution in [0.25, 0.3) is 0 Å². The molecule has 0 aromatic heterocycles. The van der Waals surface area contributed by atoms with Crippen LogP contribution in [0, 0.1) is 5.92 Å². The van der Waals surface area contributed by atoms with Crippen molar-refractivity contribution in [2.45, 2.75) is 55.9 Å². The molecule has 32 heavy (non-hydrogen) atoms. The van der Waals surface area contributed by atoms with E-state index in [-0.39, 0.29) is 17.2 Å². The summed E-state index contributed by atoms with van der Waals surface area (Å²) in [6.45, 7) is 0.